The van der Waals surface area contributed by atoms with E-state index >= 15 is 0 Å². The highest BCUT2D eigenvalue weighted by molar-refractivity contribution is 9.10. The van der Waals surface area contributed by atoms with Crippen molar-refractivity contribution in [2.75, 3.05) is 13.1 Å². The van der Waals surface area contributed by atoms with Crippen molar-refractivity contribution in [1.82, 2.24) is 5.32 Å². The van der Waals surface area contributed by atoms with Crippen LogP contribution in [0.4, 0.5) is 4.39 Å². The number of hydrogen-bond donors (Lipinski definition) is 1. The molecule has 4 heteroatoms. The second-order valence-corrected chi connectivity index (χ2v) is 5.87. The first-order chi connectivity index (χ1) is 8.16. The zero-order valence-corrected chi connectivity index (χ0v) is 11.9. The van der Waals surface area contributed by atoms with Crippen LogP contribution in [-0.4, -0.2) is 19.3 Å². The summed E-state index contributed by atoms with van der Waals surface area (Å²) < 4.78 is 14.7. The van der Waals surface area contributed by atoms with Crippen LogP contribution in [0.2, 0.25) is 5.02 Å². The minimum absolute atomic E-state index is 0.124. The number of benzene rings is 1. The van der Waals surface area contributed by atoms with Gasteiger partial charge < -0.3 is 5.32 Å². The van der Waals surface area contributed by atoms with Crippen LogP contribution < -0.4 is 5.32 Å². The van der Waals surface area contributed by atoms with Crippen molar-refractivity contribution in [3.63, 3.8) is 0 Å². The van der Waals surface area contributed by atoms with E-state index in [0.29, 0.717) is 6.42 Å². The van der Waals surface area contributed by atoms with Crippen LogP contribution in [0.15, 0.2) is 22.7 Å². The molecule has 0 unspecified atom stereocenters. The molecule has 1 N–H and O–H groups in total. The first-order valence-corrected chi connectivity index (χ1v) is 7.12. The topological polar surface area (TPSA) is 12.0 Å². The van der Waals surface area contributed by atoms with Crippen LogP contribution >= 0.6 is 27.5 Å². The van der Waals surface area contributed by atoms with Gasteiger partial charge in [0.2, 0.25) is 0 Å². The standard InChI is InChI=1S/C13H16BrClFN/c14-11-3-4-12(15)9(7-11)1-2-10-8-17-6-5-13(10)16/h3-4,7,10,13,17H,1-2,5-6,8H2/t10-,13-/m0/s1. The average Bonchev–Trinajstić information content (AvgIpc) is 2.32. The number of nitrogens with one attached hydrogen (secondary N) is 1. The molecule has 1 heterocycles. The Morgan fingerprint density at radius 2 is 2.29 bits per heavy atom. The van der Waals surface area contributed by atoms with Gasteiger partial charge in [-0.25, -0.2) is 4.39 Å². The lowest BCUT2D eigenvalue weighted by molar-refractivity contribution is 0.170. The maximum atomic E-state index is 13.6. The van der Waals surface area contributed by atoms with Gasteiger partial charge >= 0.3 is 0 Å². The normalized spacial score (nSPS) is 24.9. The van der Waals surface area contributed by atoms with Gasteiger partial charge in [0.15, 0.2) is 0 Å². The van der Waals surface area contributed by atoms with Crippen molar-refractivity contribution in [2.45, 2.75) is 25.4 Å². The quantitative estimate of drug-likeness (QED) is 0.888. The fourth-order valence-electron chi connectivity index (χ4n) is 2.25. The van der Waals surface area contributed by atoms with Crippen LogP contribution in [0, 0.1) is 5.92 Å². The smallest absolute Gasteiger partial charge is 0.105 e. The lowest BCUT2D eigenvalue weighted by Crippen LogP contribution is -2.37. The third-order valence-corrected chi connectivity index (χ3v) is 4.17. The first-order valence-electron chi connectivity index (χ1n) is 5.95. The molecule has 1 aromatic carbocycles. The zero-order chi connectivity index (χ0) is 12.3. The van der Waals surface area contributed by atoms with Crippen molar-refractivity contribution in [3.05, 3.63) is 33.3 Å². The zero-order valence-electron chi connectivity index (χ0n) is 9.56. The number of hydrogen-bond acceptors (Lipinski definition) is 1. The maximum Gasteiger partial charge on any atom is 0.105 e. The molecule has 2 rings (SSSR count). The third kappa shape index (κ3) is 3.67. The highest BCUT2D eigenvalue weighted by Crippen LogP contribution is 2.26. The second-order valence-electron chi connectivity index (χ2n) is 4.54. The first kappa shape index (κ1) is 13.3. The molecule has 0 bridgehead atoms. The molecule has 17 heavy (non-hydrogen) atoms. The lowest BCUT2D eigenvalue weighted by Gasteiger charge is -2.26. The molecule has 0 spiro atoms. The highest BCUT2D eigenvalue weighted by atomic mass is 79.9. The Balaban J connectivity index is 1.94. The molecular weight excluding hydrogens is 305 g/mol. The summed E-state index contributed by atoms with van der Waals surface area (Å²) in [5, 5.41) is 4.02. The van der Waals surface area contributed by atoms with Crippen molar-refractivity contribution >= 4 is 27.5 Å². The summed E-state index contributed by atoms with van der Waals surface area (Å²) in [7, 11) is 0. The average molecular weight is 321 g/mol. The molecule has 1 aliphatic rings. The van der Waals surface area contributed by atoms with E-state index in [4.69, 9.17) is 11.6 Å². The Bertz CT molecular complexity index is 386. The van der Waals surface area contributed by atoms with Crippen molar-refractivity contribution in [1.29, 1.82) is 0 Å². The molecule has 0 radical (unpaired) electrons. The Hall–Kier alpha value is -0.120. The largest absolute Gasteiger partial charge is 0.316 e. The van der Waals surface area contributed by atoms with Crippen molar-refractivity contribution in [2.24, 2.45) is 5.92 Å². The number of aryl methyl sites for hydroxylation is 1. The molecule has 1 fully saturated rings. The SMILES string of the molecule is F[C@H]1CCNC[C@@H]1CCc1cc(Br)ccc1Cl. The molecule has 94 valence electrons. The monoisotopic (exact) mass is 319 g/mol. The molecule has 2 atom stereocenters. The molecule has 0 amide bonds. The van der Waals surface area contributed by atoms with Crippen molar-refractivity contribution in [3.8, 4) is 0 Å². The van der Waals surface area contributed by atoms with Gasteiger partial charge in [0.1, 0.15) is 6.17 Å². The summed E-state index contributed by atoms with van der Waals surface area (Å²) in [5.41, 5.74) is 1.10. The fourth-order valence-corrected chi connectivity index (χ4v) is 2.87. The second kappa shape index (κ2) is 6.17. The van der Waals surface area contributed by atoms with E-state index in [1.165, 1.54) is 0 Å². The molecule has 1 aromatic rings. The fraction of sp³-hybridized carbons (Fsp3) is 0.538. The summed E-state index contributed by atoms with van der Waals surface area (Å²) in [6, 6.07) is 5.82. The van der Waals surface area contributed by atoms with Crippen LogP contribution in [0.5, 0.6) is 0 Å². The number of alkyl halides is 1. The molecule has 1 saturated heterocycles. The minimum atomic E-state index is -0.665. The molecule has 1 aliphatic heterocycles. The van der Waals surface area contributed by atoms with Gasteiger partial charge in [-0.3, -0.25) is 0 Å². The Morgan fingerprint density at radius 3 is 3.06 bits per heavy atom. The number of halogens is 3. The summed E-state index contributed by atoms with van der Waals surface area (Å²) in [5.74, 6) is 0.124. The molecule has 1 nitrogen and oxygen atoms in total. The summed E-state index contributed by atoms with van der Waals surface area (Å²) in [4.78, 5) is 0. The maximum absolute atomic E-state index is 13.6. The van der Waals surface area contributed by atoms with Gasteiger partial charge in [0.05, 0.1) is 0 Å². The van der Waals surface area contributed by atoms with Gasteiger partial charge in [0, 0.05) is 22.0 Å². The van der Waals surface area contributed by atoms with Crippen LogP contribution in [-0.2, 0) is 6.42 Å². The molecule has 0 aromatic heterocycles. The van der Waals surface area contributed by atoms with Gasteiger partial charge in [-0.15, -0.1) is 0 Å². The predicted molar refractivity (Wildman–Crippen MR) is 73.3 cm³/mol. The predicted octanol–water partition coefficient (Wildman–Crippen LogP) is 3.98. The summed E-state index contributed by atoms with van der Waals surface area (Å²) in [6.07, 6.45) is 1.66. The van der Waals surface area contributed by atoms with E-state index in [1.54, 1.807) is 0 Å². The molecule has 0 aliphatic carbocycles. The van der Waals surface area contributed by atoms with Gasteiger partial charge in [-0.05, 0) is 49.6 Å². The van der Waals surface area contributed by atoms with E-state index in [0.717, 1.165) is 41.0 Å². The van der Waals surface area contributed by atoms with Gasteiger partial charge in [-0.2, -0.15) is 0 Å². The minimum Gasteiger partial charge on any atom is -0.316 e. The van der Waals surface area contributed by atoms with Gasteiger partial charge in [-0.1, -0.05) is 27.5 Å². The highest BCUT2D eigenvalue weighted by Gasteiger charge is 2.24. The summed E-state index contributed by atoms with van der Waals surface area (Å²) in [6.45, 7) is 1.59. The number of piperidine rings is 1. The van der Waals surface area contributed by atoms with Crippen LogP contribution in [0.25, 0.3) is 0 Å². The molecule has 0 saturated carbocycles. The molecular formula is C13H16BrClFN. The van der Waals surface area contributed by atoms with Crippen LogP contribution in [0.3, 0.4) is 0 Å². The van der Waals surface area contributed by atoms with E-state index in [9.17, 15) is 4.39 Å². The third-order valence-electron chi connectivity index (χ3n) is 3.31. The number of rotatable bonds is 3. The Labute approximate surface area is 115 Å². The van der Waals surface area contributed by atoms with Crippen LogP contribution in [0.1, 0.15) is 18.4 Å². The van der Waals surface area contributed by atoms with E-state index < -0.39 is 6.17 Å². The lowest BCUT2D eigenvalue weighted by atomic mass is 9.91. The summed E-state index contributed by atoms with van der Waals surface area (Å²) >= 11 is 9.55. The Kier molecular flexibility index (Phi) is 4.83. The van der Waals surface area contributed by atoms with E-state index in [1.807, 2.05) is 18.2 Å². The van der Waals surface area contributed by atoms with E-state index in [2.05, 4.69) is 21.2 Å². The van der Waals surface area contributed by atoms with E-state index in [-0.39, 0.29) is 5.92 Å². The van der Waals surface area contributed by atoms with Gasteiger partial charge in [0.25, 0.3) is 0 Å². The Morgan fingerprint density at radius 1 is 1.47 bits per heavy atom. The van der Waals surface area contributed by atoms with Crippen molar-refractivity contribution < 1.29 is 4.39 Å².